The van der Waals surface area contributed by atoms with Crippen LogP contribution in [0.1, 0.15) is 16.9 Å². The van der Waals surface area contributed by atoms with Crippen molar-refractivity contribution >= 4 is 67.0 Å². The van der Waals surface area contributed by atoms with Crippen molar-refractivity contribution < 1.29 is 17.6 Å². The molecule has 2 N–H and O–H groups in total. The summed E-state index contributed by atoms with van der Waals surface area (Å²) >= 11 is 6.20. The topological polar surface area (TPSA) is 101 Å². The monoisotopic (exact) mass is 459 g/mol. The predicted octanol–water partition coefficient (Wildman–Crippen LogP) is 3.97. The van der Waals surface area contributed by atoms with Gasteiger partial charge in [0.25, 0.3) is 5.91 Å². The smallest absolute Gasteiger partial charge is 0.263 e. The maximum atomic E-state index is 11.9. The largest absolute Gasteiger partial charge is 0.456 e. The van der Waals surface area contributed by atoms with Crippen molar-refractivity contribution in [2.75, 3.05) is 11.0 Å². The van der Waals surface area contributed by atoms with Gasteiger partial charge < -0.3 is 9.73 Å². The molecule has 0 bridgehead atoms. The molecule has 1 amide bonds. The van der Waals surface area contributed by atoms with Crippen LogP contribution in [0, 0.1) is 13.8 Å². The number of thiocarbonyl (C=S) groups is 1. The fraction of sp³-hybridized carbons (Fsp3) is 0.150. The Bertz CT molecular complexity index is 1330. The SMILES string of the molecule is Cc1cc(-c2cncc3cc(/C=C4\SC(=S)NC4=O)oc23)cc(C)c1NS(C)(=O)=O. The van der Waals surface area contributed by atoms with Gasteiger partial charge in [-0.2, -0.15) is 0 Å². The van der Waals surface area contributed by atoms with E-state index < -0.39 is 10.0 Å². The molecule has 30 heavy (non-hydrogen) atoms. The van der Waals surface area contributed by atoms with Crippen LogP contribution in [0.3, 0.4) is 0 Å². The van der Waals surface area contributed by atoms with E-state index in [1.807, 2.05) is 32.0 Å². The number of aromatic nitrogens is 1. The van der Waals surface area contributed by atoms with E-state index in [1.165, 1.54) is 11.8 Å². The summed E-state index contributed by atoms with van der Waals surface area (Å²) < 4.78 is 32.3. The minimum absolute atomic E-state index is 0.246. The molecule has 1 fully saturated rings. The summed E-state index contributed by atoms with van der Waals surface area (Å²) in [6, 6.07) is 5.58. The van der Waals surface area contributed by atoms with Crippen molar-refractivity contribution in [2.24, 2.45) is 0 Å². The van der Waals surface area contributed by atoms with E-state index >= 15 is 0 Å². The molecule has 3 aromatic rings. The number of aryl methyl sites for hydroxylation is 2. The summed E-state index contributed by atoms with van der Waals surface area (Å²) in [5.41, 5.74) is 4.39. The summed E-state index contributed by atoms with van der Waals surface area (Å²) in [5.74, 6) is 0.273. The van der Waals surface area contributed by atoms with Crippen LogP contribution >= 0.6 is 24.0 Å². The molecule has 4 rings (SSSR count). The standard InChI is InChI=1S/C20H17N3O4S3/c1-10-4-12(5-11(2)17(10)23-30(3,25)26)15-9-21-8-13-6-14(27-18(13)15)7-16-19(24)22-20(28)29-16/h4-9,23H,1-3H3,(H,22,24,28)/b16-7-. The number of hydrogen-bond acceptors (Lipinski definition) is 7. The molecule has 1 saturated heterocycles. The van der Waals surface area contributed by atoms with Gasteiger partial charge in [-0.05, 0) is 48.7 Å². The highest BCUT2D eigenvalue weighted by Gasteiger charge is 2.23. The lowest BCUT2D eigenvalue weighted by Gasteiger charge is -2.13. The number of hydrogen-bond donors (Lipinski definition) is 2. The van der Waals surface area contributed by atoms with Gasteiger partial charge in [-0.25, -0.2) is 8.42 Å². The summed E-state index contributed by atoms with van der Waals surface area (Å²) in [7, 11) is -3.38. The van der Waals surface area contributed by atoms with E-state index in [0.717, 1.165) is 33.9 Å². The number of fused-ring (bicyclic) bond motifs is 1. The molecule has 1 aliphatic heterocycles. The normalized spacial score (nSPS) is 15.8. The molecule has 0 spiro atoms. The van der Waals surface area contributed by atoms with E-state index in [2.05, 4.69) is 15.0 Å². The van der Waals surface area contributed by atoms with Crippen LogP contribution in [0.5, 0.6) is 0 Å². The minimum atomic E-state index is -3.38. The first-order valence-electron chi connectivity index (χ1n) is 8.82. The number of nitrogens with zero attached hydrogens (tertiary/aromatic N) is 1. The van der Waals surface area contributed by atoms with E-state index in [4.69, 9.17) is 16.6 Å². The van der Waals surface area contributed by atoms with Crippen molar-refractivity contribution in [3.8, 4) is 11.1 Å². The molecule has 2 aromatic heterocycles. The maximum absolute atomic E-state index is 11.9. The summed E-state index contributed by atoms with van der Waals surface area (Å²) in [6.45, 7) is 3.68. The van der Waals surface area contributed by atoms with Crippen LogP contribution in [0.15, 0.2) is 39.9 Å². The molecule has 0 saturated carbocycles. The Morgan fingerprint density at radius 3 is 2.50 bits per heavy atom. The number of carbonyl (C=O) groups is 1. The lowest BCUT2D eigenvalue weighted by Crippen LogP contribution is -2.17. The Labute approximate surface area is 183 Å². The van der Waals surface area contributed by atoms with Crippen LogP contribution in [-0.2, 0) is 14.8 Å². The molecular weight excluding hydrogens is 442 g/mol. The molecule has 10 heteroatoms. The molecule has 1 aromatic carbocycles. The van der Waals surface area contributed by atoms with Crippen LogP contribution < -0.4 is 10.0 Å². The Balaban J connectivity index is 1.79. The second kappa shape index (κ2) is 7.53. The number of thioether (sulfide) groups is 1. The number of benzene rings is 1. The Kier molecular flexibility index (Phi) is 5.16. The molecule has 7 nitrogen and oxygen atoms in total. The Hall–Kier alpha value is -2.69. The number of carbonyl (C=O) groups excluding carboxylic acids is 1. The molecule has 3 heterocycles. The van der Waals surface area contributed by atoms with Crippen LogP contribution in [0.2, 0.25) is 0 Å². The van der Waals surface area contributed by atoms with Gasteiger partial charge >= 0.3 is 0 Å². The van der Waals surface area contributed by atoms with E-state index in [0.29, 0.717) is 26.3 Å². The third kappa shape index (κ3) is 4.11. The molecule has 0 unspecified atom stereocenters. The number of rotatable bonds is 4. The third-order valence-corrected chi connectivity index (χ3v) is 6.23. The molecule has 0 atom stereocenters. The molecule has 1 aliphatic rings. The van der Waals surface area contributed by atoms with Gasteiger partial charge in [-0.3, -0.25) is 14.5 Å². The molecule has 154 valence electrons. The highest BCUT2D eigenvalue weighted by atomic mass is 32.2. The van der Waals surface area contributed by atoms with E-state index in [1.54, 1.807) is 18.5 Å². The van der Waals surface area contributed by atoms with Gasteiger partial charge in [0.1, 0.15) is 15.7 Å². The van der Waals surface area contributed by atoms with Crippen molar-refractivity contribution in [2.45, 2.75) is 13.8 Å². The summed E-state index contributed by atoms with van der Waals surface area (Å²) in [5, 5.41) is 3.37. The third-order valence-electron chi connectivity index (χ3n) is 4.49. The van der Waals surface area contributed by atoms with Crippen molar-refractivity contribution in [1.29, 1.82) is 0 Å². The van der Waals surface area contributed by atoms with Gasteiger partial charge in [0.15, 0.2) is 0 Å². The lowest BCUT2D eigenvalue weighted by atomic mass is 9.99. The Morgan fingerprint density at radius 2 is 1.90 bits per heavy atom. The zero-order valence-electron chi connectivity index (χ0n) is 16.3. The first-order valence-corrected chi connectivity index (χ1v) is 11.9. The highest BCUT2D eigenvalue weighted by Crippen LogP contribution is 2.35. The average Bonchev–Trinajstić information content (AvgIpc) is 3.19. The van der Waals surface area contributed by atoms with Crippen molar-refractivity contribution in [3.63, 3.8) is 0 Å². The average molecular weight is 460 g/mol. The fourth-order valence-electron chi connectivity index (χ4n) is 3.27. The summed E-state index contributed by atoms with van der Waals surface area (Å²) in [6.07, 6.45) is 6.17. The Morgan fingerprint density at radius 1 is 1.20 bits per heavy atom. The van der Waals surface area contributed by atoms with Crippen molar-refractivity contribution in [1.82, 2.24) is 10.3 Å². The van der Waals surface area contributed by atoms with Crippen LogP contribution in [0.25, 0.3) is 28.2 Å². The van der Waals surface area contributed by atoms with Gasteiger partial charge in [0.2, 0.25) is 10.0 Å². The van der Waals surface area contributed by atoms with Gasteiger partial charge in [0.05, 0.1) is 16.8 Å². The van der Waals surface area contributed by atoms with Gasteiger partial charge in [-0.1, -0.05) is 24.0 Å². The first-order chi connectivity index (χ1) is 14.1. The first kappa shape index (κ1) is 20.6. The van der Waals surface area contributed by atoms with Crippen LogP contribution in [0.4, 0.5) is 5.69 Å². The number of furan rings is 1. The quantitative estimate of drug-likeness (QED) is 0.450. The minimum Gasteiger partial charge on any atom is -0.456 e. The predicted molar refractivity (Wildman–Crippen MR) is 124 cm³/mol. The number of sulfonamides is 1. The maximum Gasteiger partial charge on any atom is 0.263 e. The number of anilines is 1. The second-order valence-electron chi connectivity index (χ2n) is 6.97. The van der Waals surface area contributed by atoms with Gasteiger partial charge in [0, 0.05) is 29.4 Å². The highest BCUT2D eigenvalue weighted by molar-refractivity contribution is 8.26. The number of pyridine rings is 1. The van der Waals surface area contributed by atoms with E-state index in [-0.39, 0.29) is 5.91 Å². The molecule has 0 radical (unpaired) electrons. The van der Waals surface area contributed by atoms with Gasteiger partial charge in [-0.15, -0.1) is 0 Å². The second-order valence-corrected chi connectivity index (χ2v) is 10.4. The number of amides is 1. The fourth-order valence-corrected chi connectivity index (χ4v) is 4.99. The van der Waals surface area contributed by atoms with Crippen molar-refractivity contribution in [3.05, 3.63) is 52.4 Å². The summed E-state index contributed by atoms with van der Waals surface area (Å²) in [4.78, 5) is 16.7. The van der Waals surface area contributed by atoms with Crippen LogP contribution in [-0.4, -0.2) is 29.9 Å². The lowest BCUT2D eigenvalue weighted by molar-refractivity contribution is -0.115. The zero-order chi connectivity index (χ0) is 21.6. The number of nitrogens with one attached hydrogen (secondary N) is 2. The molecular formula is C20H17N3O4S3. The zero-order valence-corrected chi connectivity index (χ0v) is 18.7. The molecule has 0 aliphatic carbocycles. The van der Waals surface area contributed by atoms with E-state index in [9.17, 15) is 13.2 Å².